The maximum absolute atomic E-state index is 12.4. The Morgan fingerprint density at radius 1 is 1.05 bits per heavy atom. The standard InChI is InChI=1S/C14H12Cl2N2O3S/c15-11-7-6-10(8-12(11)16)22(20,21)18-13(14(17)19)9-4-2-1-3-5-9/h1-8,13,18H,(H2,17,19). The van der Waals surface area contributed by atoms with E-state index in [1.807, 2.05) is 0 Å². The number of rotatable bonds is 5. The molecule has 0 bridgehead atoms. The molecule has 2 rings (SSSR count). The van der Waals surface area contributed by atoms with E-state index in [1.54, 1.807) is 30.3 Å². The van der Waals surface area contributed by atoms with Gasteiger partial charge in [-0.05, 0) is 23.8 Å². The second-order valence-electron chi connectivity index (χ2n) is 4.44. The van der Waals surface area contributed by atoms with Crippen molar-refractivity contribution in [2.45, 2.75) is 10.9 Å². The van der Waals surface area contributed by atoms with Crippen LogP contribution >= 0.6 is 23.2 Å². The molecule has 0 aromatic heterocycles. The lowest BCUT2D eigenvalue weighted by atomic mass is 10.1. The van der Waals surface area contributed by atoms with Crippen LogP contribution < -0.4 is 10.5 Å². The van der Waals surface area contributed by atoms with Crippen molar-refractivity contribution >= 4 is 39.1 Å². The topological polar surface area (TPSA) is 89.3 Å². The molecule has 1 unspecified atom stereocenters. The van der Waals surface area contributed by atoms with Crippen molar-refractivity contribution in [2.24, 2.45) is 5.73 Å². The van der Waals surface area contributed by atoms with E-state index >= 15 is 0 Å². The molecule has 0 aliphatic rings. The van der Waals surface area contributed by atoms with E-state index in [0.29, 0.717) is 5.56 Å². The minimum absolute atomic E-state index is 0.0971. The van der Waals surface area contributed by atoms with Crippen LogP contribution in [0.2, 0.25) is 10.0 Å². The van der Waals surface area contributed by atoms with Gasteiger partial charge in [0.1, 0.15) is 6.04 Å². The number of hydrogen-bond acceptors (Lipinski definition) is 3. The van der Waals surface area contributed by atoms with Crippen LogP contribution in [0.15, 0.2) is 53.4 Å². The summed E-state index contributed by atoms with van der Waals surface area (Å²) in [6.07, 6.45) is 0. The number of hydrogen-bond donors (Lipinski definition) is 2. The molecule has 0 spiro atoms. The molecule has 8 heteroatoms. The van der Waals surface area contributed by atoms with Crippen molar-refractivity contribution in [1.29, 1.82) is 0 Å². The average Bonchev–Trinajstić information content (AvgIpc) is 2.48. The maximum atomic E-state index is 12.4. The van der Waals surface area contributed by atoms with Crippen molar-refractivity contribution in [3.05, 3.63) is 64.1 Å². The molecule has 0 saturated heterocycles. The number of carbonyl (C=O) groups is 1. The van der Waals surface area contributed by atoms with Crippen LogP contribution in [0, 0.1) is 0 Å². The van der Waals surface area contributed by atoms with Gasteiger partial charge in [-0.3, -0.25) is 4.79 Å². The third kappa shape index (κ3) is 3.78. The van der Waals surface area contributed by atoms with Gasteiger partial charge in [0.15, 0.2) is 0 Å². The van der Waals surface area contributed by atoms with Crippen LogP contribution in [-0.2, 0) is 14.8 Å². The molecule has 22 heavy (non-hydrogen) atoms. The molecule has 0 aliphatic carbocycles. The highest BCUT2D eigenvalue weighted by atomic mass is 35.5. The van der Waals surface area contributed by atoms with Crippen LogP contribution in [0.5, 0.6) is 0 Å². The van der Waals surface area contributed by atoms with Crippen LogP contribution in [0.4, 0.5) is 0 Å². The lowest BCUT2D eigenvalue weighted by Crippen LogP contribution is -2.37. The van der Waals surface area contributed by atoms with Crippen molar-refractivity contribution < 1.29 is 13.2 Å². The number of primary amides is 1. The average molecular weight is 359 g/mol. The third-order valence-electron chi connectivity index (χ3n) is 2.89. The quantitative estimate of drug-likeness (QED) is 0.860. The van der Waals surface area contributed by atoms with Gasteiger partial charge in [0.25, 0.3) is 0 Å². The van der Waals surface area contributed by atoms with Gasteiger partial charge >= 0.3 is 0 Å². The summed E-state index contributed by atoms with van der Waals surface area (Å²) in [5, 5.41) is 0.329. The molecule has 0 saturated carbocycles. The normalized spacial score (nSPS) is 12.8. The largest absolute Gasteiger partial charge is 0.368 e. The van der Waals surface area contributed by atoms with Crippen molar-refractivity contribution in [3.8, 4) is 0 Å². The zero-order valence-corrected chi connectivity index (χ0v) is 13.5. The van der Waals surface area contributed by atoms with E-state index < -0.39 is 22.0 Å². The summed E-state index contributed by atoms with van der Waals surface area (Å²) in [4.78, 5) is 11.5. The highest BCUT2D eigenvalue weighted by Gasteiger charge is 2.25. The number of nitrogens with two attached hydrogens (primary N) is 1. The lowest BCUT2D eigenvalue weighted by Gasteiger charge is -2.16. The molecule has 0 fully saturated rings. The molecule has 0 aliphatic heterocycles. The van der Waals surface area contributed by atoms with Crippen LogP contribution in [0.3, 0.4) is 0 Å². The molecule has 0 radical (unpaired) electrons. The summed E-state index contributed by atoms with van der Waals surface area (Å²) >= 11 is 11.6. The van der Waals surface area contributed by atoms with E-state index in [0.717, 1.165) is 0 Å². The first-order valence-electron chi connectivity index (χ1n) is 6.13. The Morgan fingerprint density at radius 2 is 1.68 bits per heavy atom. The number of benzene rings is 2. The summed E-state index contributed by atoms with van der Waals surface area (Å²) in [5.41, 5.74) is 5.74. The Kier molecular flexibility index (Phi) is 5.08. The second-order valence-corrected chi connectivity index (χ2v) is 6.97. The zero-order chi connectivity index (χ0) is 16.3. The van der Waals surface area contributed by atoms with Crippen LogP contribution in [0.25, 0.3) is 0 Å². The summed E-state index contributed by atoms with van der Waals surface area (Å²) in [6.45, 7) is 0. The van der Waals surface area contributed by atoms with Gasteiger partial charge in [0.05, 0.1) is 14.9 Å². The van der Waals surface area contributed by atoms with E-state index in [-0.39, 0.29) is 14.9 Å². The van der Waals surface area contributed by atoms with Crippen molar-refractivity contribution in [1.82, 2.24) is 4.72 Å². The van der Waals surface area contributed by atoms with E-state index in [2.05, 4.69) is 4.72 Å². The number of nitrogens with one attached hydrogen (secondary N) is 1. The minimum Gasteiger partial charge on any atom is -0.368 e. The van der Waals surface area contributed by atoms with Gasteiger partial charge in [-0.25, -0.2) is 8.42 Å². The van der Waals surface area contributed by atoms with E-state index in [1.165, 1.54) is 18.2 Å². The molecule has 5 nitrogen and oxygen atoms in total. The molecule has 1 amide bonds. The first kappa shape index (κ1) is 16.8. The Labute approximate surface area is 138 Å². The summed E-state index contributed by atoms with van der Waals surface area (Å²) in [5.74, 6) is -0.810. The Morgan fingerprint density at radius 3 is 2.23 bits per heavy atom. The van der Waals surface area contributed by atoms with E-state index in [9.17, 15) is 13.2 Å². The molecular formula is C14H12Cl2N2O3S. The summed E-state index contributed by atoms with van der Waals surface area (Å²) in [6, 6.07) is 11.0. The molecule has 0 heterocycles. The highest BCUT2D eigenvalue weighted by molar-refractivity contribution is 7.89. The van der Waals surface area contributed by atoms with Gasteiger partial charge in [-0.2, -0.15) is 4.72 Å². The fourth-order valence-electron chi connectivity index (χ4n) is 1.80. The fraction of sp³-hybridized carbons (Fsp3) is 0.0714. The van der Waals surface area contributed by atoms with E-state index in [4.69, 9.17) is 28.9 Å². The van der Waals surface area contributed by atoms with Gasteiger partial charge in [0, 0.05) is 0 Å². The van der Waals surface area contributed by atoms with Gasteiger partial charge < -0.3 is 5.73 Å². The minimum atomic E-state index is -3.99. The van der Waals surface area contributed by atoms with Crippen LogP contribution in [-0.4, -0.2) is 14.3 Å². The number of halogens is 2. The monoisotopic (exact) mass is 358 g/mol. The number of sulfonamides is 1. The predicted molar refractivity (Wildman–Crippen MR) is 85.2 cm³/mol. The zero-order valence-electron chi connectivity index (χ0n) is 11.2. The number of amides is 1. The molecule has 116 valence electrons. The highest BCUT2D eigenvalue weighted by Crippen LogP contribution is 2.25. The Bertz CT molecular complexity index is 795. The summed E-state index contributed by atoms with van der Waals surface area (Å²) in [7, 11) is -3.99. The Balaban J connectivity index is 2.36. The van der Waals surface area contributed by atoms with Crippen molar-refractivity contribution in [2.75, 3.05) is 0 Å². The number of carbonyl (C=O) groups excluding carboxylic acids is 1. The maximum Gasteiger partial charge on any atom is 0.241 e. The SMILES string of the molecule is NC(=O)C(NS(=O)(=O)c1ccc(Cl)c(Cl)c1)c1ccccc1. The molecular weight excluding hydrogens is 347 g/mol. The molecule has 3 N–H and O–H groups in total. The van der Waals surface area contributed by atoms with Crippen LogP contribution in [0.1, 0.15) is 11.6 Å². The van der Waals surface area contributed by atoms with Gasteiger partial charge in [-0.1, -0.05) is 53.5 Å². The van der Waals surface area contributed by atoms with Gasteiger partial charge in [0.2, 0.25) is 15.9 Å². The molecule has 1 atom stereocenters. The first-order chi connectivity index (χ1) is 10.3. The predicted octanol–water partition coefficient (Wildman–Crippen LogP) is 2.50. The lowest BCUT2D eigenvalue weighted by molar-refractivity contribution is -0.119. The summed E-state index contributed by atoms with van der Waals surface area (Å²) < 4.78 is 27.0. The third-order valence-corrected chi connectivity index (χ3v) is 5.05. The van der Waals surface area contributed by atoms with Crippen molar-refractivity contribution in [3.63, 3.8) is 0 Å². The first-order valence-corrected chi connectivity index (χ1v) is 8.37. The fourth-order valence-corrected chi connectivity index (χ4v) is 3.38. The second kappa shape index (κ2) is 6.66. The molecule has 2 aromatic carbocycles. The smallest absolute Gasteiger partial charge is 0.241 e. The van der Waals surface area contributed by atoms with Gasteiger partial charge in [-0.15, -0.1) is 0 Å². The Hall–Kier alpha value is -1.60. The molecule has 2 aromatic rings.